The van der Waals surface area contributed by atoms with Crippen molar-refractivity contribution in [1.82, 2.24) is 20.1 Å². The van der Waals surface area contributed by atoms with Gasteiger partial charge in [-0.3, -0.25) is 4.98 Å². The standard InChI is InChI=1S/C17H24N4O2/c1-11(2)21-7-5-13(6-8-21)16-19-20-17(23-16)14-9-15(22-4)12(3)18-10-14/h9-11,13H,5-8H2,1-4H3. The maximum Gasteiger partial charge on any atom is 0.249 e. The summed E-state index contributed by atoms with van der Waals surface area (Å²) in [5.74, 6) is 2.33. The van der Waals surface area contributed by atoms with Gasteiger partial charge >= 0.3 is 0 Å². The number of aromatic nitrogens is 3. The maximum atomic E-state index is 5.91. The van der Waals surface area contributed by atoms with Gasteiger partial charge in [-0.05, 0) is 52.8 Å². The second kappa shape index (κ2) is 6.66. The molecule has 2 aromatic rings. The summed E-state index contributed by atoms with van der Waals surface area (Å²) in [5, 5.41) is 8.46. The molecule has 2 aromatic heterocycles. The van der Waals surface area contributed by atoms with E-state index < -0.39 is 0 Å². The number of piperidine rings is 1. The largest absolute Gasteiger partial charge is 0.495 e. The highest BCUT2D eigenvalue weighted by atomic mass is 16.5. The zero-order chi connectivity index (χ0) is 16.4. The Bertz CT molecular complexity index is 660. The van der Waals surface area contributed by atoms with Crippen LogP contribution in [-0.2, 0) is 0 Å². The van der Waals surface area contributed by atoms with Gasteiger partial charge in [0.2, 0.25) is 11.8 Å². The van der Waals surface area contributed by atoms with Gasteiger partial charge in [0.25, 0.3) is 0 Å². The number of aryl methyl sites for hydroxylation is 1. The van der Waals surface area contributed by atoms with Gasteiger partial charge in [0.05, 0.1) is 18.4 Å². The monoisotopic (exact) mass is 316 g/mol. The normalized spacial score (nSPS) is 16.9. The summed E-state index contributed by atoms with van der Waals surface area (Å²) in [7, 11) is 1.63. The Kier molecular flexibility index (Phi) is 4.61. The smallest absolute Gasteiger partial charge is 0.249 e. The van der Waals surface area contributed by atoms with Crippen molar-refractivity contribution in [3.8, 4) is 17.2 Å². The molecule has 6 nitrogen and oxygen atoms in total. The molecule has 0 aromatic carbocycles. The van der Waals surface area contributed by atoms with Gasteiger partial charge in [0, 0.05) is 18.2 Å². The van der Waals surface area contributed by atoms with Crippen LogP contribution in [0.5, 0.6) is 5.75 Å². The fourth-order valence-corrected chi connectivity index (χ4v) is 3.02. The first kappa shape index (κ1) is 15.9. The number of likely N-dealkylation sites (tertiary alicyclic amines) is 1. The first-order valence-electron chi connectivity index (χ1n) is 8.17. The van der Waals surface area contributed by atoms with Crippen LogP contribution >= 0.6 is 0 Å². The van der Waals surface area contributed by atoms with Gasteiger partial charge in [-0.2, -0.15) is 0 Å². The molecule has 0 amide bonds. The average Bonchev–Trinajstić information content (AvgIpc) is 3.05. The van der Waals surface area contributed by atoms with E-state index in [9.17, 15) is 0 Å². The predicted octanol–water partition coefficient (Wildman–Crippen LogP) is 3.04. The van der Waals surface area contributed by atoms with E-state index >= 15 is 0 Å². The van der Waals surface area contributed by atoms with Gasteiger partial charge in [0.1, 0.15) is 5.75 Å². The Labute approximate surface area is 136 Å². The molecule has 1 fully saturated rings. The van der Waals surface area contributed by atoms with Crippen LogP contribution in [0.4, 0.5) is 0 Å². The zero-order valence-corrected chi connectivity index (χ0v) is 14.2. The molecule has 3 heterocycles. The van der Waals surface area contributed by atoms with Gasteiger partial charge in [0.15, 0.2) is 0 Å². The van der Waals surface area contributed by atoms with E-state index in [-0.39, 0.29) is 0 Å². The molecule has 23 heavy (non-hydrogen) atoms. The molecule has 1 saturated heterocycles. The summed E-state index contributed by atoms with van der Waals surface area (Å²) in [6.45, 7) is 8.55. The summed E-state index contributed by atoms with van der Waals surface area (Å²) in [4.78, 5) is 6.81. The number of rotatable bonds is 4. The van der Waals surface area contributed by atoms with E-state index in [1.807, 2.05) is 13.0 Å². The first-order valence-corrected chi connectivity index (χ1v) is 8.17. The van der Waals surface area contributed by atoms with E-state index in [1.165, 1.54) is 0 Å². The van der Waals surface area contributed by atoms with E-state index in [2.05, 4.69) is 33.9 Å². The Morgan fingerprint density at radius 1 is 1.26 bits per heavy atom. The van der Waals surface area contributed by atoms with Crippen LogP contribution in [0.15, 0.2) is 16.7 Å². The number of hydrogen-bond acceptors (Lipinski definition) is 6. The third-order valence-corrected chi connectivity index (χ3v) is 4.56. The van der Waals surface area contributed by atoms with Crippen LogP contribution in [0.25, 0.3) is 11.5 Å². The van der Waals surface area contributed by atoms with Crippen molar-refractivity contribution in [3.05, 3.63) is 23.8 Å². The lowest BCUT2D eigenvalue weighted by atomic mass is 9.96. The molecule has 0 spiro atoms. The molecule has 1 aliphatic rings. The summed E-state index contributed by atoms with van der Waals surface area (Å²) >= 11 is 0. The highest BCUT2D eigenvalue weighted by Gasteiger charge is 2.26. The van der Waals surface area contributed by atoms with E-state index in [4.69, 9.17) is 9.15 Å². The molecular formula is C17H24N4O2. The van der Waals surface area contributed by atoms with Gasteiger partial charge in [-0.15, -0.1) is 10.2 Å². The minimum atomic E-state index is 0.353. The molecular weight excluding hydrogens is 292 g/mol. The summed E-state index contributed by atoms with van der Waals surface area (Å²) < 4.78 is 11.2. The SMILES string of the molecule is COc1cc(-c2nnc(C3CCN(C(C)C)CC3)o2)cnc1C. The molecule has 0 unspecified atom stereocenters. The number of hydrogen-bond donors (Lipinski definition) is 0. The molecule has 0 radical (unpaired) electrons. The van der Waals surface area contributed by atoms with Crippen molar-refractivity contribution in [2.75, 3.05) is 20.2 Å². The quantitative estimate of drug-likeness (QED) is 0.864. The van der Waals surface area contributed by atoms with Crippen LogP contribution in [0.3, 0.4) is 0 Å². The van der Waals surface area contributed by atoms with Crippen molar-refractivity contribution in [3.63, 3.8) is 0 Å². The zero-order valence-electron chi connectivity index (χ0n) is 14.2. The molecule has 0 N–H and O–H groups in total. The fraction of sp³-hybridized carbons (Fsp3) is 0.588. The van der Waals surface area contributed by atoms with Crippen LogP contribution in [0.1, 0.15) is 44.2 Å². The lowest BCUT2D eigenvalue weighted by Crippen LogP contribution is -2.37. The van der Waals surface area contributed by atoms with Crippen molar-refractivity contribution in [1.29, 1.82) is 0 Å². The predicted molar refractivity (Wildman–Crippen MR) is 87.5 cm³/mol. The van der Waals surface area contributed by atoms with Gasteiger partial charge in [-0.25, -0.2) is 0 Å². The minimum Gasteiger partial charge on any atom is -0.495 e. The first-order chi connectivity index (χ1) is 11.1. The Morgan fingerprint density at radius 3 is 2.65 bits per heavy atom. The number of methoxy groups -OCH3 is 1. The van der Waals surface area contributed by atoms with Crippen LogP contribution < -0.4 is 4.74 Å². The number of nitrogens with zero attached hydrogens (tertiary/aromatic N) is 4. The number of pyridine rings is 1. The molecule has 3 rings (SSSR count). The molecule has 0 aliphatic carbocycles. The third kappa shape index (κ3) is 3.37. The van der Waals surface area contributed by atoms with Crippen LogP contribution in [-0.4, -0.2) is 46.3 Å². The highest BCUT2D eigenvalue weighted by molar-refractivity contribution is 5.54. The second-order valence-electron chi connectivity index (χ2n) is 6.36. The molecule has 0 atom stereocenters. The summed E-state index contributed by atoms with van der Waals surface area (Å²) in [6.07, 6.45) is 3.88. The molecule has 124 valence electrons. The molecule has 6 heteroatoms. The van der Waals surface area contributed by atoms with Crippen LogP contribution in [0.2, 0.25) is 0 Å². The number of ether oxygens (including phenoxy) is 1. The van der Waals surface area contributed by atoms with E-state index in [0.29, 0.717) is 17.9 Å². The van der Waals surface area contributed by atoms with Crippen molar-refractivity contribution in [2.45, 2.75) is 45.6 Å². The average molecular weight is 316 g/mol. The van der Waals surface area contributed by atoms with E-state index in [1.54, 1.807) is 13.3 Å². The highest BCUT2D eigenvalue weighted by Crippen LogP contribution is 2.30. The minimum absolute atomic E-state index is 0.353. The Balaban J connectivity index is 1.74. The molecule has 0 bridgehead atoms. The van der Waals surface area contributed by atoms with Crippen LogP contribution in [0, 0.1) is 6.92 Å². The molecule has 1 aliphatic heterocycles. The Morgan fingerprint density at radius 2 is 2.00 bits per heavy atom. The third-order valence-electron chi connectivity index (χ3n) is 4.56. The van der Waals surface area contributed by atoms with Crippen molar-refractivity contribution < 1.29 is 9.15 Å². The van der Waals surface area contributed by atoms with E-state index in [0.717, 1.165) is 48.8 Å². The summed E-state index contributed by atoms with van der Waals surface area (Å²) in [5.41, 5.74) is 1.64. The topological polar surface area (TPSA) is 64.3 Å². The fourth-order valence-electron chi connectivity index (χ4n) is 3.02. The lowest BCUT2D eigenvalue weighted by molar-refractivity contribution is 0.163. The lowest BCUT2D eigenvalue weighted by Gasteiger charge is -2.33. The maximum absolute atomic E-state index is 5.91. The molecule has 0 saturated carbocycles. The van der Waals surface area contributed by atoms with Gasteiger partial charge in [-0.1, -0.05) is 0 Å². The Hall–Kier alpha value is -1.95. The second-order valence-corrected chi connectivity index (χ2v) is 6.36. The van der Waals surface area contributed by atoms with Crippen molar-refractivity contribution >= 4 is 0 Å². The van der Waals surface area contributed by atoms with Crippen molar-refractivity contribution in [2.24, 2.45) is 0 Å². The summed E-state index contributed by atoms with van der Waals surface area (Å²) in [6, 6.07) is 2.49. The van der Waals surface area contributed by atoms with Gasteiger partial charge < -0.3 is 14.1 Å².